The molecule has 0 aliphatic carbocycles. The Morgan fingerprint density at radius 3 is 3.06 bits per heavy atom. The molecule has 2 rings (SSSR count). The molecule has 1 fully saturated rings. The van der Waals surface area contributed by atoms with Gasteiger partial charge in [-0.3, -0.25) is 0 Å². The van der Waals surface area contributed by atoms with Crippen molar-refractivity contribution in [3.05, 3.63) is 18.3 Å². The average molecular weight is 249 g/mol. The van der Waals surface area contributed by atoms with Crippen LogP contribution >= 0.6 is 0 Å². The number of anilines is 1. The molecule has 1 saturated heterocycles. The number of ether oxygens (including phenoxy) is 1. The first kappa shape index (κ1) is 13.1. The molecule has 0 bridgehead atoms. The van der Waals surface area contributed by atoms with Crippen molar-refractivity contribution in [3.63, 3.8) is 0 Å². The van der Waals surface area contributed by atoms with E-state index in [9.17, 15) is 0 Å². The summed E-state index contributed by atoms with van der Waals surface area (Å²) in [5, 5.41) is 3.60. The molecular weight excluding hydrogens is 226 g/mol. The van der Waals surface area contributed by atoms with Crippen molar-refractivity contribution in [3.8, 4) is 5.75 Å². The van der Waals surface area contributed by atoms with Gasteiger partial charge in [0.25, 0.3) is 0 Å². The van der Waals surface area contributed by atoms with Crippen LogP contribution in [0, 0.1) is 0 Å². The highest BCUT2D eigenvalue weighted by Crippen LogP contribution is 2.19. The maximum Gasteiger partial charge on any atom is 0.137 e. The van der Waals surface area contributed by atoms with Crippen molar-refractivity contribution in [1.82, 2.24) is 10.3 Å². The fraction of sp³-hybridized carbons (Fsp3) is 0.643. The molecule has 1 aromatic heterocycles. The number of pyridine rings is 1. The molecule has 1 aliphatic rings. The Hall–Kier alpha value is -1.29. The van der Waals surface area contributed by atoms with Gasteiger partial charge in [-0.05, 0) is 37.9 Å². The number of piperidine rings is 1. The zero-order valence-electron chi connectivity index (χ0n) is 11.4. The van der Waals surface area contributed by atoms with Gasteiger partial charge in [0.2, 0.25) is 0 Å². The Bertz CT molecular complexity index is 353. The van der Waals surface area contributed by atoms with Gasteiger partial charge >= 0.3 is 0 Å². The van der Waals surface area contributed by atoms with E-state index in [1.807, 2.05) is 12.1 Å². The normalized spacial score (nSPS) is 19.9. The lowest BCUT2D eigenvalue weighted by molar-refractivity contribution is 0.410. The van der Waals surface area contributed by atoms with Gasteiger partial charge in [0.05, 0.1) is 13.3 Å². The Balaban J connectivity index is 1.94. The largest absolute Gasteiger partial charge is 0.495 e. The lowest BCUT2D eigenvalue weighted by Gasteiger charge is -2.34. The molecule has 100 valence electrons. The maximum absolute atomic E-state index is 5.14. The summed E-state index contributed by atoms with van der Waals surface area (Å²) in [6.07, 6.45) is 5.48. The van der Waals surface area contributed by atoms with Gasteiger partial charge in [-0.2, -0.15) is 0 Å². The van der Waals surface area contributed by atoms with E-state index >= 15 is 0 Å². The van der Waals surface area contributed by atoms with Crippen LogP contribution < -0.4 is 15.0 Å². The lowest BCUT2D eigenvalue weighted by atomic mass is 10.1. The van der Waals surface area contributed by atoms with Crippen LogP contribution in [0.2, 0.25) is 0 Å². The monoisotopic (exact) mass is 249 g/mol. The third-order valence-electron chi connectivity index (χ3n) is 3.38. The molecule has 2 heterocycles. The first-order valence-corrected chi connectivity index (χ1v) is 6.82. The van der Waals surface area contributed by atoms with E-state index in [2.05, 4.69) is 22.1 Å². The second-order valence-corrected chi connectivity index (χ2v) is 4.80. The first-order valence-electron chi connectivity index (χ1n) is 6.82. The second-order valence-electron chi connectivity index (χ2n) is 4.80. The standard InChI is InChI=1S/C14H23N3O/c1-3-8-15-12-5-4-9-17(11-12)14-7-6-13(18-2)10-16-14/h6-7,10,12,15H,3-5,8-9,11H2,1-2H3. The smallest absolute Gasteiger partial charge is 0.137 e. The summed E-state index contributed by atoms with van der Waals surface area (Å²) in [7, 11) is 1.67. The predicted octanol–water partition coefficient (Wildman–Crippen LogP) is 2.06. The molecule has 4 nitrogen and oxygen atoms in total. The van der Waals surface area contributed by atoms with Gasteiger partial charge in [-0.15, -0.1) is 0 Å². The fourth-order valence-electron chi connectivity index (χ4n) is 2.38. The summed E-state index contributed by atoms with van der Waals surface area (Å²) in [4.78, 5) is 6.82. The van der Waals surface area contributed by atoms with Crippen molar-refractivity contribution in [2.45, 2.75) is 32.2 Å². The molecular formula is C14H23N3O. The van der Waals surface area contributed by atoms with Crippen LogP contribution in [-0.4, -0.2) is 37.8 Å². The number of aromatic nitrogens is 1. The molecule has 4 heteroatoms. The summed E-state index contributed by atoms with van der Waals surface area (Å²) >= 11 is 0. The number of methoxy groups -OCH3 is 1. The van der Waals surface area contributed by atoms with E-state index < -0.39 is 0 Å². The zero-order valence-corrected chi connectivity index (χ0v) is 11.4. The van der Waals surface area contributed by atoms with E-state index in [1.54, 1.807) is 13.3 Å². The predicted molar refractivity (Wildman–Crippen MR) is 74.3 cm³/mol. The summed E-state index contributed by atoms with van der Waals surface area (Å²) in [6, 6.07) is 4.62. The quantitative estimate of drug-likeness (QED) is 0.866. The summed E-state index contributed by atoms with van der Waals surface area (Å²) in [5.41, 5.74) is 0. The van der Waals surface area contributed by atoms with Crippen LogP contribution in [0.5, 0.6) is 5.75 Å². The SMILES string of the molecule is CCCNC1CCCN(c2ccc(OC)cn2)C1. The first-order chi connectivity index (χ1) is 8.83. The third-order valence-corrected chi connectivity index (χ3v) is 3.38. The zero-order chi connectivity index (χ0) is 12.8. The topological polar surface area (TPSA) is 37.4 Å². The Labute approximate surface area is 109 Å². The molecule has 0 radical (unpaired) electrons. The third kappa shape index (κ3) is 3.35. The molecule has 0 saturated carbocycles. The molecule has 1 unspecified atom stereocenters. The highest BCUT2D eigenvalue weighted by molar-refractivity contribution is 5.41. The average Bonchev–Trinajstić information content (AvgIpc) is 2.45. The van der Waals surface area contributed by atoms with Gasteiger partial charge in [-0.25, -0.2) is 4.98 Å². The minimum atomic E-state index is 0.600. The summed E-state index contributed by atoms with van der Waals surface area (Å²) in [5.74, 6) is 1.87. The van der Waals surface area contributed by atoms with Crippen LogP contribution in [0.25, 0.3) is 0 Å². The summed E-state index contributed by atoms with van der Waals surface area (Å²) in [6.45, 7) is 5.47. The highest BCUT2D eigenvalue weighted by atomic mass is 16.5. The van der Waals surface area contributed by atoms with E-state index in [-0.39, 0.29) is 0 Å². The Morgan fingerprint density at radius 1 is 1.50 bits per heavy atom. The van der Waals surface area contributed by atoms with Gasteiger partial charge < -0.3 is 15.0 Å². The van der Waals surface area contributed by atoms with Gasteiger partial charge in [-0.1, -0.05) is 6.92 Å². The second kappa shape index (κ2) is 6.59. The number of rotatable bonds is 5. The minimum Gasteiger partial charge on any atom is -0.495 e. The number of nitrogens with one attached hydrogen (secondary N) is 1. The molecule has 1 atom stereocenters. The molecule has 1 aromatic rings. The summed E-state index contributed by atoms with van der Waals surface area (Å²) < 4.78 is 5.14. The molecule has 0 spiro atoms. The number of hydrogen-bond acceptors (Lipinski definition) is 4. The maximum atomic E-state index is 5.14. The fourth-order valence-corrected chi connectivity index (χ4v) is 2.38. The van der Waals surface area contributed by atoms with Crippen molar-refractivity contribution >= 4 is 5.82 Å². The van der Waals surface area contributed by atoms with E-state index in [0.717, 1.165) is 31.2 Å². The lowest BCUT2D eigenvalue weighted by Crippen LogP contribution is -2.46. The molecule has 1 N–H and O–H groups in total. The Kier molecular flexibility index (Phi) is 4.81. The van der Waals surface area contributed by atoms with Crippen LogP contribution in [0.3, 0.4) is 0 Å². The van der Waals surface area contributed by atoms with E-state index in [1.165, 1.54) is 19.3 Å². The highest BCUT2D eigenvalue weighted by Gasteiger charge is 2.20. The van der Waals surface area contributed by atoms with E-state index in [4.69, 9.17) is 4.74 Å². The molecule has 1 aliphatic heterocycles. The van der Waals surface area contributed by atoms with Crippen LogP contribution in [0.1, 0.15) is 26.2 Å². The molecule has 0 amide bonds. The van der Waals surface area contributed by atoms with Gasteiger partial charge in [0.15, 0.2) is 0 Å². The van der Waals surface area contributed by atoms with Crippen molar-refractivity contribution in [2.75, 3.05) is 31.6 Å². The minimum absolute atomic E-state index is 0.600. The van der Waals surface area contributed by atoms with Crippen LogP contribution in [0.15, 0.2) is 18.3 Å². The van der Waals surface area contributed by atoms with E-state index in [0.29, 0.717) is 6.04 Å². The van der Waals surface area contributed by atoms with Crippen molar-refractivity contribution < 1.29 is 4.74 Å². The van der Waals surface area contributed by atoms with Crippen LogP contribution in [-0.2, 0) is 0 Å². The van der Waals surface area contributed by atoms with Crippen LogP contribution in [0.4, 0.5) is 5.82 Å². The Morgan fingerprint density at radius 2 is 2.39 bits per heavy atom. The van der Waals surface area contributed by atoms with Gasteiger partial charge in [0.1, 0.15) is 11.6 Å². The van der Waals surface area contributed by atoms with Crippen molar-refractivity contribution in [2.24, 2.45) is 0 Å². The molecule has 18 heavy (non-hydrogen) atoms. The van der Waals surface area contributed by atoms with Gasteiger partial charge in [0, 0.05) is 19.1 Å². The number of nitrogens with zero attached hydrogens (tertiary/aromatic N) is 2. The molecule has 0 aromatic carbocycles. The van der Waals surface area contributed by atoms with Crippen molar-refractivity contribution in [1.29, 1.82) is 0 Å². The number of hydrogen-bond donors (Lipinski definition) is 1.